The van der Waals surface area contributed by atoms with E-state index < -0.39 is 21.7 Å². The summed E-state index contributed by atoms with van der Waals surface area (Å²) in [5.74, 6) is -1.000. The fourth-order valence-corrected chi connectivity index (χ4v) is 5.97. The normalized spacial score (nSPS) is 12.3. The Morgan fingerprint density at radius 1 is 1.16 bits per heavy atom. The number of sulfone groups is 1. The van der Waals surface area contributed by atoms with Crippen LogP contribution in [0.2, 0.25) is 0 Å². The molecule has 0 saturated carbocycles. The third kappa shape index (κ3) is 6.14. The first-order valence-electron chi connectivity index (χ1n) is 10.0. The average Bonchev–Trinajstić information content (AvgIpc) is 3.04. The molecule has 32 heavy (non-hydrogen) atoms. The summed E-state index contributed by atoms with van der Waals surface area (Å²) in [6.45, 7) is 3.81. The zero-order chi connectivity index (χ0) is 23.3. The van der Waals surface area contributed by atoms with E-state index in [1.54, 1.807) is 35.8 Å². The third-order valence-electron chi connectivity index (χ3n) is 4.64. The maximum atomic E-state index is 12.5. The number of fused-ring (bicyclic) bond motifs is 1. The van der Waals surface area contributed by atoms with Crippen molar-refractivity contribution in [3.05, 3.63) is 57.3 Å². The van der Waals surface area contributed by atoms with Crippen molar-refractivity contribution in [1.29, 1.82) is 0 Å². The van der Waals surface area contributed by atoms with Crippen LogP contribution in [0, 0.1) is 6.92 Å². The van der Waals surface area contributed by atoms with E-state index in [-0.39, 0.29) is 36.6 Å². The van der Waals surface area contributed by atoms with E-state index in [1.165, 1.54) is 11.3 Å². The average molecular weight is 539 g/mol. The fraction of sp³-hybridized carbons (Fsp3) is 0.318. The van der Waals surface area contributed by atoms with Crippen molar-refractivity contribution >= 4 is 59.2 Å². The largest absolute Gasteiger partial charge is 0.465 e. The number of benzene rings is 2. The van der Waals surface area contributed by atoms with Gasteiger partial charge in [0.2, 0.25) is 5.91 Å². The second kappa shape index (κ2) is 10.5. The molecule has 0 unspecified atom stereocenters. The van der Waals surface area contributed by atoms with E-state index in [1.807, 2.05) is 25.1 Å². The van der Waals surface area contributed by atoms with Gasteiger partial charge in [-0.1, -0.05) is 45.0 Å². The molecule has 1 heterocycles. The van der Waals surface area contributed by atoms with Crippen molar-refractivity contribution in [3.8, 4) is 0 Å². The number of rotatable bonds is 8. The van der Waals surface area contributed by atoms with Crippen molar-refractivity contribution in [2.75, 3.05) is 12.4 Å². The van der Waals surface area contributed by atoms with Crippen molar-refractivity contribution in [2.24, 2.45) is 4.99 Å². The van der Waals surface area contributed by atoms with Crippen LogP contribution in [0.4, 0.5) is 0 Å². The minimum absolute atomic E-state index is 0.0115. The van der Waals surface area contributed by atoms with Crippen molar-refractivity contribution < 1.29 is 22.7 Å². The highest BCUT2D eigenvalue weighted by atomic mass is 79.9. The van der Waals surface area contributed by atoms with Crippen LogP contribution in [0.1, 0.15) is 25.3 Å². The number of carbonyl (C=O) groups excluding carboxylic acids is 2. The van der Waals surface area contributed by atoms with Gasteiger partial charge in [-0.25, -0.2) is 8.42 Å². The molecule has 7 nitrogen and oxygen atoms in total. The molecule has 0 atom stereocenters. The van der Waals surface area contributed by atoms with E-state index >= 15 is 0 Å². The van der Waals surface area contributed by atoms with Gasteiger partial charge in [-0.3, -0.25) is 9.59 Å². The van der Waals surface area contributed by atoms with Gasteiger partial charge in [-0.05, 0) is 50.6 Å². The molecule has 10 heteroatoms. The van der Waals surface area contributed by atoms with Crippen LogP contribution < -0.4 is 4.80 Å². The molecule has 1 aromatic heterocycles. The van der Waals surface area contributed by atoms with Crippen LogP contribution in [0.25, 0.3) is 10.2 Å². The van der Waals surface area contributed by atoms with Crippen molar-refractivity contribution in [2.45, 2.75) is 38.1 Å². The molecule has 0 radical (unpaired) electrons. The highest BCUT2D eigenvalue weighted by Gasteiger charge is 2.16. The summed E-state index contributed by atoms with van der Waals surface area (Å²) in [5, 5.41) is 0. The zero-order valence-corrected chi connectivity index (χ0v) is 20.9. The Balaban J connectivity index is 1.78. The molecule has 170 valence electrons. The molecule has 0 spiro atoms. The Bertz CT molecular complexity index is 1310. The number of nitrogens with zero attached hydrogens (tertiary/aromatic N) is 2. The molecular weight excluding hydrogens is 516 g/mol. The van der Waals surface area contributed by atoms with E-state index in [4.69, 9.17) is 4.74 Å². The Morgan fingerprint density at radius 2 is 1.88 bits per heavy atom. The molecule has 0 fully saturated rings. The summed E-state index contributed by atoms with van der Waals surface area (Å²) in [5.41, 5.74) is 1.74. The molecule has 0 bridgehead atoms. The van der Waals surface area contributed by atoms with Crippen LogP contribution in [0.3, 0.4) is 0 Å². The third-order valence-corrected chi connectivity index (χ3v) is 7.99. The standard InChI is InChI=1S/C22H23BrN2O5S2/c1-3-30-21(27)14-25-18-11-8-16(23)13-19(18)31-22(25)24-20(26)5-4-12-32(28,29)17-9-6-15(2)7-10-17/h6-11,13H,3-5,12,14H2,1-2H3. The lowest BCUT2D eigenvalue weighted by Crippen LogP contribution is -2.23. The number of carbonyl (C=O) groups is 2. The SMILES string of the molecule is CCOC(=O)Cn1c(=NC(=O)CCCS(=O)(=O)c2ccc(C)cc2)sc2cc(Br)ccc21. The molecule has 2 aromatic carbocycles. The second-order valence-corrected chi connectivity index (χ2v) is 11.2. The molecule has 0 aliphatic rings. The Labute approximate surface area is 198 Å². The number of ether oxygens (including phenoxy) is 1. The summed E-state index contributed by atoms with van der Waals surface area (Å²) < 4.78 is 33.4. The first-order chi connectivity index (χ1) is 15.2. The van der Waals surface area contributed by atoms with Gasteiger partial charge in [0.15, 0.2) is 14.6 Å². The topological polar surface area (TPSA) is 94.8 Å². The molecule has 3 aromatic rings. The molecular formula is C22H23BrN2O5S2. The van der Waals surface area contributed by atoms with Crippen LogP contribution in [-0.2, 0) is 30.7 Å². The lowest BCUT2D eigenvalue weighted by Gasteiger charge is -2.05. The smallest absolute Gasteiger partial charge is 0.326 e. The first-order valence-corrected chi connectivity index (χ1v) is 13.3. The summed E-state index contributed by atoms with van der Waals surface area (Å²) in [7, 11) is -3.46. The predicted octanol–water partition coefficient (Wildman–Crippen LogP) is 4.02. The van der Waals surface area contributed by atoms with E-state index in [9.17, 15) is 18.0 Å². The van der Waals surface area contributed by atoms with Crippen LogP contribution in [-0.4, -0.2) is 37.2 Å². The van der Waals surface area contributed by atoms with Crippen LogP contribution in [0.15, 0.2) is 56.8 Å². The van der Waals surface area contributed by atoms with Gasteiger partial charge in [-0.2, -0.15) is 4.99 Å². The van der Waals surface area contributed by atoms with Crippen molar-refractivity contribution in [3.63, 3.8) is 0 Å². The van der Waals surface area contributed by atoms with Crippen LogP contribution >= 0.6 is 27.3 Å². The Morgan fingerprint density at radius 3 is 2.56 bits per heavy atom. The van der Waals surface area contributed by atoms with Gasteiger partial charge in [0.05, 0.1) is 27.5 Å². The predicted molar refractivity (Wildman–Crippen MR) is 127 cm³/mol. The number of aryl methyl sites for hydroxylation is 1. The fourth-order valence-electron chi connectivity index (χ4n) is 3.06. The summed E-state index contributed by atoms with van der Waals surface area (Å²) in [6.07, 6.45) is 0.148. The molecule has 1 amide bonds. The van der Waals surface area contributed by atoms with Gasteiger partial charge in [-0.15, -0.1) is 0 Å². The maximum absolute atomic E-state index is 12.5. The van der Waals surface area contributed by atoms with E-state index in [0.29, 0.717) is 4.80 Å². The van der Waals surface area contributed by atoms with Gasteiger partial charge in [0.25, 0.3) is 0 Å². The quantitative estimate of drug-likeness (QED) is 0.403. The minimum Gasteiger partial charge on any atom is -0.465 e. The zero-order valence-electron chi connectivity index (χ0n) is 17.7. The highest BCUT2D eigenvalue weighted by molar-refractivity contribution is 9.10. The van der Waals surface area contributed by atoms with Crippen molar-refractivity contribution in [1.82, 2.24) is 4.57 Å². The Kier molecular flexibility index (Phi) is 8.02. The number of halogens is 1. The number of hydrogen-bond donors (Lipinski definition) is 0. The van der Waals surface area contributed by atoms with Gasteiger partial charge >= 0.3 is 5.97 Å². The number of amides is 1. The summed E-state index contributed by atoms with van der Waals surface area (Å²) >= 11 is 4.70. The molecule has 3 rings (SSSR count). The molecule has 0 saturated heterocycles. The van der Waals surface area contributed by atoms with Gasteiger partial charge in [0, 0.05) is 10.9 Å². The minimum atomic E-state index is -3.46. The van der Waals surface area contributed by atoms with E-state index in [2.05, 4.69) is 20.9 Å². The lowest BCUT2D eigenvalue weighted by atomic mass is 10.2. The number of aromatic nitrogens is 1. The molecule has 0 aliphatic heterocycles. The monoisotopic (exact) mass is 538 g/mol. The highest BCUT2D eigenvalue weighted by Crippen LogP contribution is 2.22. The number of thiazole rings is 1. The lowest BCUT2D eigenvalue weighted by molar-refractivity contribution is -0.143. The number of esters is 1. The molecule has 0 N–H and O–H groups in total. The first kappa shape index (κ1) is 24.3. The number of hydrogen-bond acceptors (Lipinski definition) is 6. The van der Waals surface area contributed by atoms with Gasteiger partial charge < -0.3 is 9.30 Å². The summed E-state index contributed by atoms with van der Waals surface area (Å²) in [6, 6.07) is 12.2. The van der Waals surface area contributed by atoms with E-state index in [0.717, 1.165) is 20.3 Å². The molecule has 0 aliphatic carbocycles. The summed E-state index contributed by atoms with van der Waals surface area (Å²) in [4.78, 5) is 29.3. The Hall–Kier alpha value is -2.30. The van der Waals surface area contributed by atoms with Crippen LogP contribution in [0.5, 0.6) is 0 Å². The van der Waals surface area contributed by atoms with Gasteiger partial charge in [0.1, 0.15) is 6.54 Å². The maximum Gasteiger partial charge on any atom is 0.326 e. The second-order valence-electron chi connectivity index (χ2n) is 7.13.